The standard InChI is InChI=1S/C10H13BrFNO2/c1-13-9(5-12)8-3-2-7(11)4-10(8)15-6-14/h2-4,9,13-14H,5-6H2,1H3. The maximum Gasteiger partial charge on any atom is 0.186 e. The van der Waals surface area contributed by atoms with Crippen molar-refractivity contribution >= 4 is 15.9 Å². The molecular formula is C10H13BrFNO2. The van der Waals surface area contributed by atoms with Crippen molar-refractivity contribution in [1.29, 1.82) is 0 Å². The Balaban J connectivity index is 3.03. The topological polar surface area (TPSA) is 41.5 Å². The lowest BCUT2D eigenvalue weighted by Crippen LogP contribution is -2.19. The van der Waals surface area contributed by atoms with Gasteiger partial charge >= 0.3 is 0 Å². The summed E-state index contributed by atoms with van der Waals surface area (Å²) in [6.07, 6.45) is 0. The normalized spacial score (nSPS) is 12.5. The van der Waals surface area contributed by atoms with Gasteiger partial charge in [0.15, 0.2) is 6.79 Å². The molecule has 1 aromatic carbocycles. The van der Waals surface area contributed by atoms with Crippen molar-refractivity contribution in [2.45, 2.75) is 6.04 Å². The number of hydrogen-bond donors (Lipinski definition) is 2. The van der Waals surface area contributed by atoms with Crippen LogP contribution in [0.4, 0.5) is 4.39 Å². The van der Waals surface area contributed by atoms with Crippen LogP contribution >= 0.6 is 15.9 Å². The van der Waals surface area contributed by atoms with Crippen LogP contribution in [0.2, 0.25) is 0 Å². The summed E-state index contributed by atoms with van der Waals surface area (Å²) >= 11 is 3.28. The summed E-state index contributed by atoms with van der Waals surface area (Å²) in [4.78, 5) is 0. The van der Waals surface area contributed by atoms with E-state index in [0.717, 1.165) is 4.47 Å². The quantitative estimate of drug-likeness (QED) is 0.809. The molecule has 15 heavy (non-hydrogen) atoms. The predicted octanol–water partition coefficient (Wildman–Crippen LogP) is 2.01. The smallest absolute Gasteiger partial charge is 0.186 e. The lowest BCUT2D eigenvalue weighted by atomic mass is 10.1. The van der Waals surface area contributed by atoms with Crippen LogP contribution in [0.1, 0.15) is 11.6 Å². The molecule has 0 aromatic heterocycles. The van der Waals surface area contributed by atoms with E-state index in [4.69, 9.17) is 9.84 Å². The predicted molar refractivity (Wildman–Crippen MR) is 59.6 cm³/mol. The van der Waals surface area contributed by atoms with Gasteiger partial charge in [0.1, 0.15) is 12.4 Å². The van der Waals surface area contributed by atoms with Crippen LogP contribution in [0.15, 0.2) is 22.7 Å². The molecule has 1 unspecified atom stereocenters. The summed E-state index contributed by atoms with van der Waals surface area (Å²) in [5.74, 6) is 0.476. The van der Waals surface area contributed by atoms with Gasteiger partial charge in [-0.05, 0) is 19.2 Å². The number of nitrogens with one attached hydrogen (secondary N) is 1. The average Bonchev–Trinajstić information content (AvgIpc) is 2.23. The van der Waals surface area contributed by atoms with Crippen molar-refractivity contribution in [1.82, 2.24) is 5.32 Å². The van der Waals surface area contributed by atoms with E-state index in [1.807, 2.05) is 0 Å². The van der Waals surface area contributed by atoms with Gasteiger partial charge in [0.25, 0.3) is 0 Å². The molecule has 0 saturated carbocycles. The van der Waals surface area contributed by atoms with Gasteiger partial charge in [-0.25, -0.2) is 4.39 Å². The number of hydrogen-bond acceptors (Lipinski definition) is 3. The average molecular weight is 278 g/mol. The van der Waals surface area contributed by atoms with Gasteiger partial charge in [-0.3, -0.25) is 0 Å². The van der Waals surface area contributed by atoms with E-state index in [1.54, 1.807) is 25.2 Å². The van der Waals surface area contributed by atoms with Gasteiger partial charge in [0.2, 0.25) is 0 Å². The third kappa shape index (κ3) is 3.15. The molecule has 5 heteroatoms. The molecule has 0 fully saturated rings. The zero-order valence-corrected chi connectivity index (χ0v) is 9.92. The molecule has 1 rings (SSSR count). The molecule has 2 N–H and O–H groups in total. The molecule has 0 aliphatic carbocycles. The second-order valence-corrected chi connectivity index (χ2v) is 3.87. The van der Waals surface area contributed by atoms with Gasteiger partial charge in [0.05, 0.1) is 6.04 Å². The van der Waals surface area contributed by atoms with Gasteiger partial charge in [0, 0.05) is 10.0 Å². The highest BCUT2D eigenvalue weighted by atomic mass is 79.9. The van der Waals surface area contributed by atoms with E-state index in [9.17, 15) is 4.39 Å². The number of ether oxygens (including phenoxy) is 1. The molecule has 84 valence electrons. The Morgan fingerprint density at radius 2 is 2.33 bits per heavy atom. The van der Waals surface area contributed by atoms with Crippen LogP contribution in [0.25, 0.3) is 0 Å². The lowest BCUT2D eigenvalue weighted by molar-refractivity contribution is 0.0967. The summed E-state index contributed by atoms with van der Waals surface area (Å²) in [5.41, 5.74) is 0.692. The summed E-state index contributed by atoms with van der Waals surface area (Å²) in [6, 6.07) is 4.85. The molecule has 0 bridgehead atoms. The SMILES string of the molecule is CNC(CF)c1ccc(Br)cc1OCO. The fourth-order valence-corrected chi connectivity index (χ4v) is 1.65. The Labute approximate surface area is 96.4 Å². The molecule has 0 heterocycles. The summed E-state index contributed by atoms with van der Waals surface area (Å²) in [5, 5.41) is 11.5. The molecule has 0 amide bonds. The molecule has 0 aliphatic rings. The fourth-order valence-electron chi connectivity index (χ4n) is 1.31. The number of aliphatic hydroxyl groups excluding tert-OH is 1. The minimum absolute atomic E-state index is 0.417. The highest BCUT2D eigenvalue weighted by Gasteiger charge is 2.14. The number of rotatable bonds is 5. The molecule has 0 radical (unpaired) electrons. The lowest BCUT2D eigenvalue weighted by Gasteiger charge is -2.16. The largest absolute Gasteiger partial charge is 0.467 e. The summed E-state index contributed by atoms with van der Waals surface area (Å²) in [7, 11) is 1.68. The van der Waals surface area contributed by atoms with Gasteiger partial charge in [-0.1, -0.05) is 22.0 Å². The van der Waals surface area contributed by atoms with Crippen LogP contribution in [-0.2, 0) is 0 Å². The van der Waals surface area contributed by atoms with Crippen LogP contribution in [0.3, 0.4) is 0 Å². The zero-order valence-electron chi connectivity index (χ0n) is 8.34. The molecule has 1 atom stereocenters. The Kier molecular flexibility index (Phi) is 5.01. The summed E-state index contributed by atoms with van der Waals surface area (Å²) < 4.78 is 18.5. The highest BCUT2D eigenvalue weighted by molar-refractivity contribution is 9.10. The van der Waals surface area contributed by atoms with Gasteiger partial charge in [-0.15, -0.1) is 0 Å². The molecular weight excluding hydrogens is 265 g/mol. The number of benzene rings is 1. The second-order valence-electron chi connectivity index (χ2n) is 2.95. The first-order valence-corrected chi connectivity index (χ1v) is 5.28. The molecule has 0 aliphatic heterocycles. The van der Waals surface area contributed by atoms with E-state index in [-0.39, 0.29) is 0 Å². The first-order valence-electron chi connectivity index (χ1n) is 4.49. The van der Waals surface area contributed by atoms with Crippen molar-refractivity contribution in [2.75, 3.05) is 20.5 Å². The monoisotopic (exact) mass is 277 g/mol. The molecule has 1 aromatic rings. The highest BCUT2D eigenvalue weighted by Crippen LogP contribution is 2.28. The van der Waals surface area contributed by atoms with Gasteiger partial charge in [-0.2, -0.15) is 0 Å². The van der Waals surface area contributed by atoms with E-state index in [2.05, 4.69) is 21.2 Å². The molecule has 3 nitrogen and oxygen atoms in total. The van der Waals surface area contributed by atoms with E-state index < -0.39 is 19.5 Å². The van der Waals surface area contributed by atoms with Gasteiger partial charge < -0.3 is 15.2 Å². The number of alkyl halides is 1. The third-order valence-electron chi connectivity index (χ3n) is 2.07. The number of aliphatic hydroxyl groups is 1. The van der Waals surface area contributed by atoms with Crippen LogP contribution < -0.4 is 10.1 Å². The Bertz CT molecular complexity index is 318. The Hall–Kier alpha value is -0.650. The summed E-state index contributed by atoms with van der Waals surface area (Å²) in [6.45, 7) is -0.952. The first kappa shape index (κ1) is 12.4. The number of halogens is 2. The van der Waals surface area contributed by atoms with E-state index in [0.29, 0.717) is 11.3 Å². The molecule has 0 spiro atoms. The van der Waals surface area contributed by atoms with E-state index in [1.165, 1.54) is 0 Å². The van der Waals surface area contributed by atoms with Crippen molar-refractivity contribution in [3.8, 4) is 5.75 Å². The maximum atomic E-state index is 12.7. The Morgan fingerprint density at radius 3 is 2.87 bits per heavy atom. The van der Waals surface area contributed by atoms with Crippen molar-refractivity contribution in [3.05, 3.63) is 28.2 Å². The van der Waals surface area contributed by atoms with Crippen molar-refractivity contribution < 1.29 is 14.2 Å². The van der Waals surface area contributed by atoms with Crippen molar-refractivity contribution in [2.24, 2.45) is 0 Å². The van der Waals surface area contributed by atoms with Crippen molar-refractivity contribution in [3.63, 3.8) is 0 Å². The first-order chi connectivity index (χ1) is 7.22. The Morgan fingerprint density at radius 1 is 1.60 bits per heavy atom. The van der Waals surface area contributed by atoms with E-state index >= 15 is 0 Å². The second kappa shape index (κ2) is 6.05. The van der Waals surface area contributed by atoms with Crippen LogP contribution in [0.5, 0.6) is 5.75 Å². The zero-order chi connectivity index (χ0) is 11.3. The minimum Gasteiger partial charge on any atom is -0.467 e. The fraction of sp³-hybridized carbons (Fsp3) is 0.400. The maximum absolute atomic E-state index is 12.7. The minimum atomic E-state index is -0.528. The molecule has 0 saturated heterocycles. The van der Waals surface area contributed by atoms with Crippen LogP contribution in [-0.4, -0.2) is 25.6 Å². The third-order valence-corrected chi connectivity index (χ3v) is 2.57. The van der Waals surface area contributed by atoms with Crippen LogP contribution in [0, 0.1) is 0 Å².